The number of H-pyrrole nitrogens is 1. The number of aromatic nitrogens is 3. The van der Waals surface area contributed by atoms with Gasteiger partial charge in [-0.15, -0.1) is 11.3 Å². The summed E-state index contributed by atoms with van der Waals surface area (Å²) in [4.78, 5) is 22.4. The SMILES string of the molecule is CC(N)c1nc(Cc2nccs2)cc(=O)[nH]1. The van der Waals surface area contributed by atoms with E-state index in [0.717, 1.165) is 5.01 Å². The highest BCUT2D eigenvalue weighted by molar-refractivity contribution is 7.09. The topological polar surface area (TPSA) is 84.7 Å². The minimum absolute atomic E-state index is 0.172. The lowest BCUT2D eigenvalue weighted by Crippen LogP contribution is -2.18. The highest BCUT2D eigenvalue weighted by Gasteiger charge is 2.07. The largest absolute Gasteiger partial charge is 0.322 e. The van der Waals surface area contributed by atoms with Crippen LogP contribution in [0.3, 0.4) is 0 Å². The standard InChI is InChI=1S/C10H12N4OS/c1-6(11)10-13-7(4-8(15)14-10)5-9-12-2-3-16-9/h2-4,6H,5,11H2,1H3,(H,13,14,15). The minimum Gasteiger partial charge on any atom is -0.322 e. The Morgan fingerprint density at radius 2 is 2.44 bits per heavy atom. The molecule has 0 aliphatic rings. The van der Waals surface area contributed by atoms with Crippen LogP contribution in [0.2, 0.25) is 0 Å². The van der Waals surface area contributed by atoms with Crippen molar-refractivity contribution in [3.05, 3.63) is 44.5 Å². The van der Waals surface area contributed by atoms with Gasteiger partial charge in [0.15, 0.2) is 0 Å². The first-order valence-corrected chi connectivity index (χ1v) is 5.77. The summed E-state index contributed by atoms with van der Waals surface area (Å²) in [7, 11) is 0. The summed E-state index contributed by atoms with van der Waals surface area (Å²) in [5, 5.41) is 2.84. The van der Waals surface area contributed by atoms with Crippen molar-refractivity contribution in [2.45, 2.75) is 19.4 Å². The molecule has 0 bridgehead atoms. The Balaban J connectivity index is 2.31. The molecule has 2 aromatic heterocycles. The van der Waals surface area contributed by atoms with E-state index in [-0.39, 0.29) is 11.6 Å². The van der Waals surface area contributed by atoms with Gasteiger partial charge >= 0.3 is 0 Å². The Morgan fingerprint density at radius 1 is 1.62 bits per heavy atom. The lowest BCUT2D eigenvalue weighted by atomic mass is 10.2. The Hall–Kier alpha value is -1.53. The quantitative estimate of drug-likeness (QED) is 0.827. The molecule has 0 spiro atoms. The summed E-state index contributed by atoms with van der Waals surface area (Å²) in [5.74, 6) is 0.513. The van der Waals surface area contributed by atoms with Crippen LogP contribution in [-0.2, 0) is 6.42 Å². The second kappa shape index (κ2) is 4.54. The van der Waals surface area contributed by atoms with Crippen molar-refractivity contribution in [3.63, 3.8) is 0 Å². The van der Waals surface area contributed by atoms with Crippen LogP contribution in [0.15, 0.2) is 22.4 Å². The molecule has 2 rings (SSSR count). The zero-order valence-corrected chi connectivity index (χ0v) is 9.62. The molecular weight excluding hydrogens is 224 g/mol. The van der Waals surface area contributed by atoms with Crippen LogP contribution in [0.5, 0.6) is 0 Å². The van der Waals surface area contributed by atoms with Crippen molar-refractivity contribution in [2.75, 3.05) is 0 Å². The van der Waals surface area contributed by atoms with E-state index in [1.54, 1.807) is 24.5 Å². The highest BCUT2D eigenvalue weighted by Crippen LogP contribution is 2.10. The van der Waals surface area contributed by atoms with Crippen molar-refractivity contribution in [1.29, 1.82) is 0 Å². The van der Waals surface area contributed by atoms with Crippen LogP contribution < -0.4 is 11.3 Å². The highest BCUT2D eigenvalue weighted by atomic mass is 32.1. The van der Waals surface area contributed by atoms with Gasteiger partial charge in [-0.3, -0.25) is 4.79 Å². The molecule has 0 fully saturated rings. The molecule has 84 valence electrons. The van der Waals surface area contributed by atoms with E-state index >= 15 is 0 Å². The molecular formula is C10H12N4OS. The molecule has 0 aliphatic carbocycles. The molecule has 16 heavy (non-hydrogen) atoms. The van der Waals surface area contributed by atoms with E-state index in [1.807, 2.05) is 5.38 Å². The zero-order chi connectivity index (χ0) is 11.5. The third-order valence-corrected chi connectivity index (χ3v) is 2.84. The molecule has 0 saturated heterocycles. The summed E-state index contributed by atoms with van der Waals surface area (Å²) >= 11 is 1.54. The van der Waals surface area contributed by atoms with Gasteiger partial charge in [-0.25, -0.2) is 9.97 Å². The fourth-order valence-electron chi connectivity index (χ4n) is 1.33. The molecule has 2 heterocycles. The molecule has 0 aromatic carbocycles. The molecule has 2 aromatic rings. The molecule has 1 unspecified atom stereocenters. The molecule has 0 aliphatic heterocycles. The minimum atomic E-state index is -0.274. The van der Waals surface area contributed by atoms with Gasteiger partial charge < -0.3 is 10.7 Å². The maximum absolute atomic E-state index is 11.4. The van der Waals surface area contributed by atoms with Crippen molar-refractivity contribution >= 4 is 11.3 Å². The fraction of sp³-hybridized carbons (Fsp3) is 0.300. The van der Waals surface area contributed by atoms with Crippen molar-refractivity contribution in [3.8, 4) is 0 Å². The van der Waals surface area contributed by atoms with Gasteiger partial charge in [-0.1, -0.05) is 0 Å². The average Bonchev–Trinajstić information content (AvgIpc) is 2.69. The number of thiazole rings is 1. The molecule has 0 saturated carbocycles. The van der Waals surface area contributed by atoms with E-state index in [4.69, 9.17) is 5.73 Å². The Kier molecular flexibility index (Phi) is 3.12. The summed E-state index contributed by atoms with van der Waals surface area (Å²) in [6, 6.07) is 1.21. The normalized spacial score (nSPS) is 12.6. The van der Waals surface area contributed by atoms with Crippen LogP contribution in [-0.4, -0.2) is 15.0 Å². The Labute approximate surface area is 96.4 Å². The maximum atomic E-state index is 11.4. The summed E-state index contributed by atoms with van der Waals surface area (Å²) in [6.45, 7) is 1.78. The van der Waals surface area contributed by atoms with Crippen molar-refractivity contribution in [2.24, 2.45) is 5.73 Å². The third-order valence-electron chi connectivity index (χ3n) is 2.06. The number of aromatic amines is 1. The van der Waals surface area contributed by atoms with Crippen LogP contribution in [0.25, 0.3) is 0 Å². The van der Waals surface area contributed by atoms with Crippen LogP contribution in [0.1, 0.15) is 29.5 Å². The number of nitrogens with two attached hydrogens (primary N) is 1. The van der Waals surface area contributed by atoms with Crippen LogP contribution >= 0.6 is 11.3 Å². The fourth-order valence-corrected chi connectivity index (χ4v) is 1.96. The first-order chi connectivity index (χ1) is 7.65. The van der Waals surface area contributed by atoms with Gasteiger partial charge in [-0.05, 0) is 6.92 Å². The molecule has 6 heteroatoms. The predicted octanol–water partition coefficient (Wildman–Crippen LogP) is 0.837. The molecule has 0 radical (unpaired) electrons. The summed E-state index contributed by atoms with van der Waals surface area (Å²) in [6.07, 6.45) is 2.31. The van der Waals surface area contributed by atoms with Crippen molar-refractivity contribution in [1.82, 2.24) is 15.0 Å². The number of nitrogens with one attached hydrogen (secondary N) is 1. The van der Waals surface area contributed by atoms with E-state index in [2.05, 4.69) is 15.0 Å². The van der Waals surface area contributed by atoms with Gasteiger partial charge in [0.1, 0.15) is 5.82 Å². The van der Waals surface area contributed by atoms with Crippen LogP contribution in [0, 0.1) is 0 Å². The maximum Gasteiger partial charge on any atom is 0.251 e. The Morgan fingerprint density at radius 3 is 3.06 bits per heavy atom. The first-order valence-electron chi connectivity index (χ1n) is 4.89. The summed E-state index contributed by atoms with van der Waals surface area (Å²) < 4.78 is 0. The number of hydrogen-bond donors (Lipinski definition) is 2. The second-order valence-electron chi connectivity index (χ2n) is 3.51. The number of nitrogens with zero attached hydrogens (tertiary/aromatic N) is 2. The number of rotatable bonds is 3. The Bertz CT molecular complexity index is 518. The van der Waals surface area contributed by atoms with Gasteiger partial charge in [0, 0.05) is 24.1 Å². The monoisotopic (exact) mass is 236 g/mol. The second-order valence-corrected chi connectivity index (χ2v) is 4.49. The zero-order valence-electron chi connectivity index (χ0n) is 8.80. The molecule has 3 N–H and O–H groups in total. The third kappa shape index (κ3) is 2.53. The average molecular weight is 236 g/mol. The van der Waals surface area contributed by atoms with Crippen LogP contribution in [0.4, 0.5) is 0 Å². The van der Waals surface area contributed by atoms with E-state index < -0.39 is 0 Å². The molecule has 5 nitrogen and oxygen atoms in total. The lowest BCUT2D eigenvalue weighted by molar-refractivity contribution is 0.722. The van der Waals surface area contributed by atoms with Crippen molar-refractivity contribution < 1.29 is 0 Å². The predicted molar refractivity (Wildman–Crippen MR) is 62.4 cm³/mol. The smallest absolute Gasteiger partial charge is 0.251 e. The number of hydrogen-bond acceptors (Lipinski definition) is 5. The molecule has 1 atom stereocenters. The summed E-state index contributed by atoms with van der Waals surface area (Å²) in [5.41, 5.74) is 6.21. The van der Waals surface area contributed by atoms with Gasteiger partial charge in [0.2, 0.25) is 0 Å². The van der Waals surface area contributed by atoms with Gasteiger partial charge in [-0.2, -0.15) is 0 Å². The van der Waals surface area contributed by atoms with E-state index in [9.17, 15) is 4.79 Å². The molecule has 0 amide bonds. The van der Waals surface area contributed by atoms with Gasteiger partial charge in [0.25, 0.3) is 5.56 Å². The van der Waals surface area contributed by atoms with Gasteiger partial charge in [0.05, 0.1) is 16.7 Å². The van der Waals surface area contributed by atoms with E-state index in [0.29, 0.717) is 17.9 Å². The van der Waals surface area contributed by atoms with E-state index in [1.165, 1.54) is 6.07 Å². The first kappa shape index (κ1) is 11.0. The lowest BCUT2D eigenvalue weighted by Gasteiger charge is -2.05.